The second-order valence-corrected chi connectivity index (χ2v) is 11.0. The van der Waals surface area contributed by atoms with Crippen LogP contribution in [0.5, 0.6) is 0 Å². The molecule has 0 aromatic heterocycles. The first-order valence-corrected chi connectivity index (χ1v) is 11.1. The van der Waals surface area contributed by atoms with Crippen molar-refractivity contribution in [1.29, 1.82) is 0 Å². The number of esters is 1. The number of hydrogen-bond acceptors (Lipinski definition) is 8. The molecule has 1 N–H and O–H groups in total. The average molecular weight is 472 g/mol. The molecule has 4 fully saturated rings. The minimum Gasteiger partial charge on any atom is -0.457 e. The van der Waals surface area contributed by atoms with Gasteiger partial charge < -0.3 is 24.1 Å². The fourth-order valence-corrected chi connectivity index (χ4v) is 7.53. The van der Waals surface area contributed by atoms with E-state index >= 15 is 0 Å². The Balaban J connectivity index is 2.04. The van der Waals surface area contributed by atoms with E-state index in [1.54, 1.807) is 6.92 Å². The summed E-state index contributed by atoms with van der Waals surface area (Å²) in [5.74, 6) is -2.12. The van der Waals surface area contributed by atoms with Crippen LogP contribution in [0.25, 0.3) is 0 Å². The van der Waals surface area contributed by atoms with Crippen molar-refractivity contribution in [3.63, 3.8) is 0 Å². The van der Waals surface area contributed by atoms with Crippen LogP contribution in [0.15, 0.2) is 12.2 Å². The molecule has 33 heavy (non-hydrogen) atoms. The summed E-state index contributed by atoms with van der Waals surface area (Å²) in [4.78, 5) is 38.8. The summed E-state index contributed by atoms with van der Waals surface area (Å²) in [6.07, 6.45) is -5.81. The molecule has 4 aliphatic rings. The zero-order chi connectivity index (χ0) is 24.8. The van der Waals surface area contributed by atoms with Crippen LogP contribution in [0, 0.1) is 16.7 Å². The molecule has 4 rings (SSSR count). The Hall–Kier alpha value is -2.07. The lowest BCUT2D eigenvalue weighted by Gasteiger charge is -2.72. The van der Waals surface area contributed by atoms with Crippen molar-refractivity contribution < 1.29 is 47.2 Å². The van der Waals surface area contributed by atoms with Crippen LogP contribution in [0.4, 0.5) is 13.6 Å². The quantitative estimate of drug-likeness (QED) is 0.610. The van der Waals surface area contributed by atoms with Crippen LogP contribution in [-0.2, 0) is 28.5 Å². The molecule has 2 aliphatic heterocycles. The maximum atomic E-state index is 14.0. The lowest BCUT2D eigenvalue weighted by Crippen LogP contribution is -2.89. The highest BCUT2D eigenvalue weighted by Crippen LogP contribution is 2.70. The monoisotopic (exact) mass is 472 g/mol. The van der Waals surface area contributed by atoms with Gasteiger partial charge in [-0.15, -0.1) is 0 Å². The molecule has 0 bridgehead atoms. The van der Waals surface area contributed by atoms with E-state index in [-0.39, 0.29) is 0 Å². The van der Waals surface area contributed by atoms with Gasteiger partial charge in [-0.1, -0.05) is 20.8 Å². The predicted molar refractivity (Wildman–Crippen MR) is 108 cm³/mol. The van der Waals surface area contributed by atoms with Crippen molar-refractivity contribution in [1.82, 2.24) is 0 Å². The van der Waals surface area contributed by atoms with Crippen molar-refractivity contribution in [3.8, 4) is 0 Å². The predicted octanol–water partition coefficient (Wildman–Crippen LogP) is 3.30. The van der Waals surface area contributed by atoms with Gasteiger partial charge >= 0.3 is 12.1 Å². The summed E-state index contributed by atoms with van der Waals surface area (Å²) in [7, 11) is 0. The number of halogens is 2. The minimum absolute atomic E-state index is 0.404. The highest BCUT2D eigenvalue weighted by Gasteiger charge is 2.85. The zero-order valence-corrected chi connectivity index (χ0v) is 19.6. The van der Waals surface area contributed by atoms with E-state index in [0.29, 0.717) is 18.9 Å². The Morgan fingerprint density at radius 1 is 1.18 bits per heavy atom. The molecule has 0 unspecified atom stereocenters. The molecule has 1 spiro atoms. The molecule has 184 valence electrons. The third-order valence-electron chi connectivity index (χ3n) is 8.39. The van der Waals surface area contributed by atoms with Gasteiger partial charge in [-0.05, 0) is 32.1 Å². The molecule has 8 nitrogen and oxygen atoms in total. The fourth-order valence-electron chi connectivity index (χ4n) is 7.53. The van der Waals surface area contributed by atoms with Crippen LogP contribution in [0.3, 0.4) is 0 Å². The van der Waals surface area contributed by atoms with Gasteiger partial charge in [0.25, 0.3) is 6.08 Å². The second kappa shape index (κ2) is 6.97. The van der Waals surface area contributed by atoms with Gasteiger partial charge in [0.15, 0.2) is 17.5 Å². The van der Waals surface area contributed by atoms with Crippen LogP contribution >= 0.6 is 0 Å². The molecule has 0 aromatic carbocycles. The molecule has 2 saturated carbocycles. The van der Waals surface area contributed by atoms with Crippen molar-refractivity contribution in [3.05, 3.63) is 12.2 Å². The SMILES string of the molecule is CC(=O)O[C@H]1[C@@H](O)[C@H]2C(C)(C)CC[C@@H]3OC(=O)O[C@@]4(C(=O)C[C@](C)(C=C(F)F)O[C@]14C)[C@@]32C. The van der Waals surface area contributed by atoms with E-state index in [1.807, 2.05) is 13.8 Å². The van der Waals surface area contributed by atoms with Gasteiger partial charge in [-0.3, -0.25) is 9.59 Å². The third kappa shape index (κ3) is 2.95. The van der Waals surface area contributed by atoms with Crippen LogP contribution in [-0.4, -0.2) is 58.1 Å². The van der Waals surface area contributed by atoms with E-state index in [0.717, 1.165) is 6.92 Å². The van der Waals surface area contributed by atoms with Gasteiger partial charge in [0.1, 0.15) is 6.10 Å². The Morgan fingerprint density at radius 3 is 2.39 bits per heavy atom. The Labute approximate surface area is 190 Å². The van der Waals surface area contributed by atoms with Gasteiger partial charge in [-0.25, -0.2) is 4.79 Å². The second-order valence-electron chi connectivity index (χ2n) is 11.0. The Bertz CT molecular complexity index is 945. The highest BCUT2D eigenvalue weighted by atomic mass is 19.3. The topological polar surface area (TPSA) is 108 Å². The molecule has 0 amide bonds. The number of ketones is 1. The van der Waals surface area contributed by atoms with E-state index in [9.17, 15) is 28.3 Å². The summed E-state index contributed by atoms with van der Waals surface area (Å²) < 4.78 is 49.6. The van der Waals surface area contributed by atoms with E-state index in [4.69, 9.17) is 18.9 Å². The summed E-state index contributed by atoms with van der Waals surface area (Å²) >= 11 is 0. The Kier molecular flexibility index (Phi) is 5.09. The lowest BCUT2D eigenvalue weighted by molar-refractivity contribution is -0.386. The molecule has 0 aromatic rings. The molecule has 8 atom stereocenters. The first-order chi connectivity index (χ1) is 15.0. The standard InChI is InChI=1S/C23H30F2O8/c1-11(26)30-17-15(28)16-19(2,3)8-7-13-21(16,5)23(32-18(29)31-13)12(27)9-20(4,10-14(24)25)33-22(17,23)6/h10,13,15-17,28H,7-9H2,1-6H3/t13-,15-,16-,17-,20+,21-,22+,23-/m0/s1. The summed E-state index contributed by atoms with van der Waals surface area (Å²) in [5, 5.41) is 11.6. The van der Waals surface area contributed by atoms with Crippen molar-refractivity contribution >= 4 is 17.9 Å². The van der Waals surface area contributed by atoms with Crippen LogP contribution in [0.2, 0.25) is 0 Å². The number of carbonyl (C=O) groups is 3. The molecule has 2 aliphatic carbocycles. The summed E-state index contributed by atoms with van der Waals surface area (Å²) in [5.41, 5.74) is -7.67. The smallest absolute Gasteiger partial charge is 0.457 e. The highest BCUT2D eigenvalue weighted by molar-refractivity contribution is 5.95. The molecular formula is C23H30F2O8. The number of ether oxygens (including phenoxy) is 4. The first-order valence-electron chi connectivity index (χ1n) is 11.1. The fraction of sp³-hybridized carbons (Fsp3) is 0.783. The van der Waals surface area contributed by atoms with E-state index < -0.39 is 82.3 Å². The maximum absolute atomic E-state index is 14.0. The number of carbonyl (C=O) groups excluding carboxylic acids is 3. The maximum Gasteiger partial charge on any atom is 0.509 e. The first kappa shape index (κ1) is 24.1. The normalized spacial score (nSPS) is 47.9. The molecular weight excluding hydrogens is 442 g/mol. The van der Waals surface area contributed by atoms with E-state index in [1.165, 1.54) is 13.8 Å². The average Bonchev–Trinajstić information content (AvgIpc) is 2.62. The molecule has 2 saturated heterocycles. The summed E-state index contributed by atoms with van der Waals surface area (Å²) in [6.45, 7) is 9.35. The van der Waals surface area contributed by atoms with Gasteiger partial charge in [0, 0.05) is 25.3 Å². The summed E-state index contributed by atoms with van der Waals surface area (Å²) in [6, 6.07) is 0. The van der Waals surface area contributed by atoms with Gasteiger partial charge in [0.05, 0.1) is 17.1 Å². The number of Topliss-reactive ketones (excluding diaryl/α,β-unsaturated/α-hetero) is 1. The largest absolute Gasteiger partial charge is 0.509 e. The van der Waals surface area contributed by atoms with Crippen molar-refractivity contribution in [2.24, 2.45) is 16.7 Å². The third-order valence-corrected chi connectivity index (χ3v) is 8.39. The molecule has 2 heterocycles. The van der Waals surface area contributed by atoms with E-state index in [2.05, 4.69) is 0 Å². The lowest BCUT2D eigenvalue weighted by atomic mass is 9.39. The van der Waals surface area contributed by atoms with Crippen LogP contribution in [0.1, 0.15) is 60.8 Å². The minimum atomic E-state index is -2.06. The van der Waals surface area contributed by atoms with Crippen molar-refractivity contribution in [2.75, 3.05) is 0 Å². The number of aliphatic hydroxyl groups excluding tert-OH is 1. The van der Waals surface area contributed by atoms with Gasteiger partial charge in [0.2, 0.25) is 5.60 Å². The number of rotatable bonds is 2. The van der Waals surface area contributed by atoms with Crippen LogP contribution < -0.4 is 0 Å². The van der Waals surface area contributed by atoms with Crippen molar-refractivity contribution in [2.45, 2.75) is 95.9 Å². The Morgan fingerprint density at radius 2 is 1.82 bits per heavy atom. The molecule has 10 heteroatoms. The zero-order valence-electron chi connectivity index (χ0n) is 19.6. The number of aliphatic hydroxyl groups is 1. The van der Waals surface area contributed by atoms with Gasteiger partial charge in [-0.2, -0.15) is 8.78 Å². The molecule has 0 radical (unpaired) electrons. The number of hydrogen-bond donors (Lipinski definition) is 1.